The van der Waals surface area contributed by atoms with Crippen molar-refractivity contribution in [3.05, 3.63) is 0 Å². The molecule has 0 aliphatic heterocycles. The molecule has 1 aliphatic rings. The van der Waals surface area contributed by atoms with E-state index in [1.54, 1.807) is 6.92 Å². The van der Waals surface area contributed by atoms with Gasteiger partial charge in [0, 0.05) is 19.7 Å². The van der Waals surface area contributed by atoms with Gasteiger partial charge < -0.3 is 20.1 Å². The number of nitrogens with zero attached hydrogens (tertiary/aromatic N) is 1. The summed E-state index contributed by atoms with van der Waals surface area (Å²) in [7, 11) is 1.51. The second kappa shape index (κ2) is 6.58. The van der Waals surface area contributed by atoms with Gasteiger partial charge in [-0.05, 0) is 26.2 Å². The van der Waals surface area contributed by atoms with E-state index in [1.807, 2.05) is 6.92 Å². The van der Waals surface area contributed by atoms with E-state index in [4.69, 9.17) is 9.84 Å². The van der Waals surface area contributed by atoms with Gasteiger partial charge in [-0.2, -0.15) is 0 Å². The number of aliphatic carboxylic acids is 1. The number of hydrogen-bond donors (Lipinski definition) is 2. The van der Waals surface area contributed by atoms with Gasteiger partial charge in [-0.15, -0.1) is 0 Å². The van der Waals surface area contributed by atoms with Crippen LogP contribution in [0.3, 0.4) is 0 Å². The van der Waals surface area contributed by atoms with E-state index < -0.39 is 12.0 Å². The van der Waals surface area contributed by atoms with Crippen molar-refractivity contribution in [2.24, 2.45) is 0 Å². The lowest BCUT2D eigenvalue weighted by molar-refractivity contribution is -0.141. The molecule has 18 heavy (non-hydrogen) atoms. The molecule has 0 spiro atoms. The first-order valence-corrected chi connectivity index (χ1v) is 6.37. The van der Waals surface area contributed by atoms with Crippen LogP contribution >= 0.6 is 0 Å². The molecule has 1 rings (SSSR count). The van der Waals surface area contributed by atoms with E-state index in [0.29, 0.717) is 13.0 Å². The van der Waals surface area contributed by atoms with Gasteiger partial charge in [0.15, 0.2) is 0 Å². The highest BCUT2D eigenvalue weighted by Crippen LogP contribution is 2.23. The van der Waals surface area contributed by atoms with Crippen LogP contribution in [0.5, 0.6) is 0 Å². The van der Waals surface area contributed by atoms with Crippen LogP contribution in [0.1, 0.15) is 33.1 Å². The fourth-order valence-corrected chi connectivity index (χ4v) is 2.09. The van der Waals surface area contributed by atoms with Crippen LogP contribution in [0.25, 0.3) is 0 Å². The third kappa shape index (κ3) is 3.60. The van der Waals surface area contributed by atoms with Crippen molar-refractivity contribution in [3.63, 3.8) is 0 Å². The molecule has 0 bridgehead atoms. The topological polar surface area (TPSA) is 78.9 Å². The summed E-state index contributed by atoms with van der Waals surface area (Å²) in [5.41, 5.74) is 0. The van der Waals surface area contributed by atoms with E-state index >= 15 is 0 Å². The monoisotopic (exact) mass is 258 g/mol. The van der Waals surface area contributed by atoms with Gasteiger partial charge in [0.1, 0.15) is 6.04 Å². The summed E-state index contributed by atoms with van der Waals surface area (Å²) >= 11 is 0. The van der Waals surface area contributed by atoms with Crippen LogP contribution in [0.2, 0.25) is 0 Å². The lowest BCUT2D eigenvalue weighted by Gasteiger charge is -2.37. The molecule has 0 aromatic rings. The van der Waals surface area contributed by atoms with Crippen LogP contribution in [-0.2, 0) is 9.53 Å². The number of carbonyl (C=O) groups is 2. The van der Waals surface area contributed by atoms with Crippen molar-refractivity contribution in [1.29, 1.82) is 0 Å². The average Bonchev–Trinajstić information content (AvgIpc) is 2.26. The van der Waals surface area contributed by atoms with Gasteiger partial charge in [-0.1, -0.05) is 6.92 Å². The number of urea groups is 1. The Hall–Kier alpha value is -1.30. The standard InChI is InChI=1S/C12H22N2O4/c1-4-10(11(15)16)14(3)12(17)13-8-6-9(7-8)18-5-2/h8-10H,4-7H2,1-3H3,(H,13,17)(H,15,16). The number of rotatable bonds is 6. The molecule has 1 fully saturated rings. The van der Waals surface area contributed by atoms with Crippen molar-refractivity contribution in [2.75, 3.05) is 13.7 Å². The minimum atomic E-state index is -0.976. The number of carbonyl (C=O) groups excluding carboxylic acids is 1. The number of likely N-dealkylation sites (N-methyl/N-ethyl adjacent to an activating group) is 1. The third-order valence-electron chi connectivity index (χ3n) is 3.28. The van der Waals surface area contributed by atoms with Gasteiger partial charge in [0.05, 0.1) is 6.10 Å². The molecule has 2 amide bonds. The smallest absolute Gasteiger partial charge is 0.326 e. The maximum absolute atomic E-state index is 11.8. The lowest BCUT2D eigenvalue weighted by atomic mass is 9.89. The number of carboxylic acid groups (broad SMARTS) is 1. The number of nitrogens with one attached hydrogen (secondary N) is 1. The molecule has 1 atom stereocenters. The van der Waals surface area contributed by atoms with Crippen molar-refractivity contribution >= 4 is 12.0 Å². The summed E-state index contributed by atoms with van der Waals surface area (Å²) in [4.78, 5) is 24.0. The molecule has 0 radical (unpaired) electrons. The molecule has 2 N–H and O–H groups in total. The van der Waals surface area contributed by atoms with Crippen LogP contribution in [0.15, 0.2) is 0 Å². The van der Waals surface area contributed by atoms with E-state index in [-0.39, 0.29) is 18.2 Å². The maximum atomic E-state index is 11.8. The first-order valence-electron chi connectivity index (χ1n) is 6.37. The molecule has 1 unspecified atom stereocenters. The van der Waals surface area contributed by atoms with Gasteiger partial charge in [0.2, 0.25) is 0 Å². The molecule has 0 saturated heterocycles. The largest absolute Gasteiger partial charge is 0.480 e. The van der Waals surface area contributed by atoms with Crippen LogP contribution in [-0.4, -0.2) is 53.8 Å². The molecular weight excluding hydrogens is 236 g/mol. The summed E-state index contributed by atoms with van der Waals surface area (Å²) in [5, 5.41) is 11.8. The number of amides is 2. The molecule has 6 nitrogen and oxygen atoms in total. The first-order chi connectivity index (χ1) is 8.49. The Morgan fingerprint density at radius 2 is 2.06 bits per heavy atom. The number of ether oxygens (including phenoxy) is 1. The van der Waals surface area contributed by atoms with E-state index in [2.05, 4.69) is 5.32 Å². The highest BCUT2D eigenvalue weighted by Gasteiger charge is 2.33. The number of carboxylic acids is 1. The Morgan fingerprint density at radius 1 is 1.44 bits per heavy atom. The van der Waals surface area contributed by atoms with Gasteiger partial charge in [-0.25, -0.2) is 9.59 Å². The molecule has 1 saturated carbocycles. The molecule has 0 aromatic heterocycles. The van der Waals surface area contributed by atoms with Crippen molar-refractivity contribution in [1.82, 2.24) is 10.2 Å². The summed E-state index contributed by atoms with van der Waals surface area (Å²) < 4.78 is 5.40. The molecule has 0 heterocycles. The van der Waals surface area contributed by atoms with Crippen LogP contribution in [0, 0.1) is 0 Å². The average molecular weight is 258 g/mol. The highest BCUT2D eigenvalue weighted by atomic mass is 16.5. The lowest BCUT2D eigenvalue weighted by Crippen LogP contribution is -2.54. The zero-order valence-corrected chi connectivity index (χ0v) is 11.2. The Morgan fingerprint density at radius 3 is 2.50 bits per heavy atom. The summed E-state index contributed by atoms with van der Waals surface area (Å²) in [5.74, 6) is -0.976. The van der Waals surface area contributed by atoms with Crippen molar-refractivity contribution < 1.29 is 19.4 Å². The Kier molecular flexibility index (Phi) is 5.40. The van der Waals surface area contributed by atoms with Crippen LogP contribution in [0.4, 0.5) is 4.79 Å². The van der Waals surface area contributed by atoms with Gasteiger partial charge in [-0.3, -0.25) is 0 Å². The molecule has 6 heteroatoms. The normalized spacial score (nSPS) is 23.9. The predicted molar refractivity (Wildman–Crippen MR) is 66.4 cm³/mol. The predicted octanol–water partition coefficient (Wildman–Crippen LogP) is 1.06. The highest BCUT2D eigenvalue weighted by molar-refractivity contribution is 5.82. The third-order valence-corrected chi connectivity index (χ3v) is 3.28. The Balaban J connectivity index is 2.35. The fraction of sp³-hybridized carbons (Fsp3) is 0.833. The second-order valence-corrected chi connectivity index (χ2v) is 4.57. The van der Waals surface area contributed by atoms with Crippen molar-refractivity contribution in [3.8, 4) is 0 Å². The SMILES string of the molecule is CCOC1CC(NC(=O)N(C)C(CC)C(=O)O)C1. The first kappa shape index (κ1) is 14.8. The Bertz CT molecular complexity index is 302. The minimum Gasteiger partial charge on any atom is -0.480 e. The zero-order valence-electron chi connectivity index (χ0n) is 11.2. The summed E-state index contributed by atoms with van der Waals surface area (Å²) in [6.45, 7) is 4.37. The maximum Gasteiger partial charge on any atom is 0.326 e. The fourth-order valence-electron chi connectivity index (χ4n) is 2.09. The quantitative estimate of drug-likeness (QED) is 0.746. The second-order valence-electron chi connectivity index (χ2n) is 4.57. The van der Waals surface area contributed by atoms with E-state index in [1.165, 1.54) is 11.9 Å². The van der Waals surface area contributed by atoms with Gasteiger partial charge in [0.25, 0.3) is 0 Å². The summed E-state index contributed by atoms with van der Waals surface area (Å²) in [6.07, 6.45) is 2.23. The van der Waals surface area contributed by atoms with Crippen LogP contribution < -0.4 is 5.32 Å². The molecule has 0 aromatic carbocycles. The molecule has 104 valence electrons. The van der Waals surface area contributed by atoms with E-state index in [9.17, 15) is 9.59 Å². The zero-order chi connectivity index (χ0) is 13.7. The summed E-state index contributed by atoms with van der Waals surface area (Å²) in [6, 6.07) is -1.00. The molecular formula is C12H22N2O4. The van der Waals surface area contributed by atoms with Gasteiger partial charge >= 0.3 is 12.0 Å². The van der Waals surface area contributed by atoms with Crippen molar-refractivity contribution in [2.45, 2.75) is 51.3 Å². The Labute approximate surface area is 107 Å². The van der Waals surface area contributed by atoms with E-state index in [0.717, 1.165) is 12.8 Å². The number of hydrogen-bond acceptors (Lipinski definition) is 3. The minimum absolute atomic E-state index is 0.0998. The molecule has 1 aliphatic carbocycles.